The van der Waals surface area contributed by atoms with Gasteiger partial charge in [0.2, 0.25) is 5.91 Å². The summed E-state index contributed by atoms with van der Waals surface area (Å²) in [4.78, 5) is 37.9. The highest BCUT2D eigenvalue weighted by atomic mass is 16.2. The third-order valence-electron chi connectivity index (χ3n) is 4.29. The van der Waals surface area contributed by atoms with Crippen molar-refractivity contribution in [2.24, 2.45) is 0 Å². The molecule has 1 atom stereocenters. The topological polar surface area (TPSA) is 78.5 Å². The van der Waals surface area contributed by atoms with E-state index in [2.05, 4.69) is 10.6 Å². The molecule has 0 bridgehead atoms. The summed E-state index contributed by atoms with van der Waals surface area (Å²) in [6, 6.07) is 8.46. The molecule has 0 aliphatic carbocycles. The van der Waals surface area contributed by atoms with E-state index in [0.29, 0.717) is 5.56 Å². The van der Waals surface area contributed by atoms with Gasteiger partial charge in [0.05, 0.1) is 0 Å². The Balaban J connectivity index is 2.15. The summed E-state index contributed by atoms with van der Waals surface area (Å²) < 4.78 is 0. The minimum atomic E-state index is -1.14. The fraction of sp³-hybridized carbons (Fsp3) is 0.471. The van der Waals surface area contributed by atoms with Crippen molar-refractivity contribution in [1.82, 2.24) is 15.5 Å². The van der Waals surface area contributed by atoms with Crippen molar-refractivity contribution in [2.45, 2.75) is 45.2 Å². The predicted molar refractivity (Wildman–Crippen MR) is 86.6 cm³/mol. The third kappa shape index (κ3) is 3.36. The van der Waals surface area contributed by atoms with Gasteiger partial charge in [-0.3, -0.25) is 14.5 Å². The Labute approximate surface area is 136 Å². The molecule has 0 aromatic heterocycles. The number of benzene rings is 1. The molecular weight excluding hydrogens is 294 g/mol. The standard InChI is InChI=1S/C17H23N3O3/c1-5-16(2,3)18-13(21)11-20-14(22)17(4,19-15(20)23)12-9-7-6-8-10-12/h6-10H,5,11H2,1-4H3,(H,18,21)(H,19,23). The Kier molecular flexibility index (Phi) is 4.45. The normalized spacial score (nSPS) is 21.3. The van der Waals surface area contributed by atoms with E-state index < -0.39 is 17.5 Å². The lowest BCUT2D eigenvalue weighted by Gasteiger charge is -2.26. The zero-order valence-electron chi connectivity index (χ0n) is 14.0. The van der Waals surface area contributed by atoms with Crippen LogP contribution < -0.4 is 10.6 Å². The van der Waals surface area contributed by atoms with Gasteiger partial charge in [-0.2, -0.15) is 0 Å². The lowest BCUT2D eigenvalue weighted by molar-refractivity contribution is -0.135. The molecule has 1 aliphatic heterocycles. The SMILES string of the molecule is CCC(C)(C)NC(=O)CN1C(=O)NC(C)(c2ccccc2)C1=O. The van der Waals surface area contributed by atoms with Crippen LogP contribution in [0.25, 0.3) is 0 Å². The largest absolute Gasteiger partial charge is 0.350 e. The van der Waals surface area contributed by atoms with Crippen molar-refractivity contribution in [2.75, 3.05) is 6.54 Å². The molecule has 2 rings (SSSR count). The average molecular weight is 317 g/mol. The van der Waals surface area contributed by atoms with Crippen molar-refractivity contribution in [3.8, 4) is 0 Å². The van der Waals surface area contributed by atoms with Crippen LogP contribution in [0.15, 0.2) is 30.3 Å². The summed E-state index contributed by atoms with van der Waals surface area (Å²) in [5, 5.41) is 5.51. The molecule has 1 unspecified atom stereocenters. The summed E-state index contributed by atoms with van der Waals surface area (Å²) >= 11 is 0. The summed E-state index contributed by atoms with van der Waals surface area (Å²) in [5.41, 5.74) is -0.826. The molecule has 1 aliphatic rings. The highest BCUT2D eigenvalue weighted by molar-refractivity contribution is 6.09. The second-order valence-electron chi connectivity index (χ2n) is 6.60. The molecule has 0 spiro atoms. The maximum atomic E-state index is 12.7. The molecule has 0 radical (unpaired) electrons. The zero-order valence-corrected chi connectivity index (χ0v) is 14.0. The Morgan fingerprint density at radius 2 is 1.87 bits per heavy atom. The number of hydrogen-bond acceptors (Lipinski definition) is 3. The lowest BCUT2D eigenvalue weighted by Crippen LogP contribution is -2.49. The van der Waals surface area contributed by atoms with Gasteiger partial charge < -0.3 is 10.6 Å². The van der Waals surface area contributed by atoms with E-state index in [9.17, 15) is 14.4 Å². The van der Waals surface area contributed by atoms with Crippen LogP contribution in [0.3, 0.4) is 0 Å². The average Bonchev–Trinajstić information content (AvgIpc) is 2.72. The minimum absolute atomic E-state index is 0.281. The van der Waals surface area contributed by atoms with Crippen LogP contribution in [0.2, 0.25) is 0 Å². The first-order valence-corrected chi connectivity index (χ1v) is 7.70. The van der Waals surface area contributed by atoms with Crippen LogP contribution in [0, 0.1) is 0 Å². The Hall–Kier alpha value is -2.37. The minimum Gasteiger partial charge on any atom is -0.350 e. The van der Waals surface area contributed by atoms with Crippen LogP contribution in [-0.4, -0.2) is 34.8 Å². The van der Waals surface area contributed by atoms with Gasteiger partial charge in [-0.05, 0) is 32.8 Å². The van der Waals surface area contributed by atoms with E-state index in [1.807, 2.05) is 26.8 Å². The van der Waals surface area contributed by atoms with Crippen molar-refractivity contribution in [3.05, 3.63) is 35.9 Å². The van der Waals surface area contributed by atoms with E-state index in [0.717, 1.165) is 11.3 Å². The number of carbonyl (C=O) groups excluding carboxylic acids is 3. The molecule has 124 valence electrons. The maximum Gasteiger partial charge on any atom is 0.325 e. The smallest absolute Gasteiger partial charge is 0.325 e. The Bertz CT molecular complexity index is 627. The molecule has 4 amide bonds. The van der Waals surface area contributed by atoms with E-state index in [1.165, 1.54) is 0 Å². The number of rotatable bonds is 5. The van der Waals surface area contributed by atoms with Crippen LogP contribution in [0.5, 0.6) is 0 Å². The fourth-order valence-electron chi connectivity index (χ4n) is 2.46. The molecular formula is C17H23N3O3. The van der Waals surface area contributed by atoms with Crippen LogP contribution in [0.1, 0.15) is 39.7 Å². The molecule has 1 saturated heterocycles. The lowest BCUT2D eigenvalue weighted by atomic mass is 9.92. The van der Waals surface area contributed by atoms with Gasteiger partial charge in [-0.25, -0.2) is 4.79 Å². The molecule has 1 aromatic rings. The molecule has 6 heteroatoms. The number of urea groups is 1. The van der Waals surface area contributed by atoms with E-state index in [-0.39, 0.29) is 18.0 Å². The molecule has 23 heavy (non-hydrogen) atoms. The summed E-state index contributed by atoms with van der Waals surface area (Å²) in [6.07, 6.45) is 0.751. The summed E-state index contributed by atoms with van der Waals surface area (Å²) in [7, 11) is 0. The van der Waals surface area contributed by atoms with Gasteiger partial charge in [-0.1, -0.05) is 37.3 Å². The van der Waals surface area contributed by atoms with Crippen molar-refractivity contribution >= 4 is 17.8 Å². The highest BCUT2D eigenvalue weighted by Crippen LogP contribution is 2.28. The summed E-state index contributed by atoms with van der Waals surface area (Å²) in [6.45, 7) is 7.11. The summed E-state index contributed by atoms with van der Waals surface area (Å²) in [5.74, 6) is -0.768. The van der Waals surface area contributed by atoms with E-state index >= 15 is 0 Å². The third-order valence-corrected chi connectivity index (χ3v) is 4.29. The number of nitrogens with zero attached hydrogens (tertiary/aromatic N) is 1. The van der Waals surface area contributed by atoms with Gasteiger partial charge in [0, 0.05) is 5.54 Å². The first kappa shape index (κ1) is 17.0. The predicted octanol–water partition coefficient (Wildman–Crippen LogP) is 1.76. The molecule has 2 N–H and O–H groups in total. The first-order valence-electron chi connectivity index (χ1n) is 7.70. The number of hydrogen-bond donors (Lipinski definition) is 2. The molecule has 1 heterocycles. The molecule has 1 aromatic carbocycles. The van der Waals surface area contributed by atoms with Gasteiger partial charge in [0.1, 0.15) is 12.1 Å². The fourth-order valence-corrected chi connectivity index (χ4v) is 2.46. The second-order valence-corrected chi connectivity index (χ2v) is 6.60. The quantitative estimate of drug-likeness (QED) is 0.812. The van der Waals surface area contributed by atoms with E-state index in [4.69, 9.17) is 0 Å². The molecule has 6 nitrogen and oxygen atoms in total. The molecule has 0 saturated carbocycles. The first-order chi connectivity index (χ1) is 10.7. The van der Waals surface area contributed by atoms with E-state index in [1.54, 1.807) is 31.2 Å². The van der Waals surface area contributed by atoms with Crippen molar-refractivity contribution < 1.29 is 14.4 Å². The van der Waals surface area contributed by atoms with Gasteiger partial charge >= 0.3 is 6.03 Å². The van der Waals surface area contributed by atoms with Crippen molar-refractivity contribution in [3.63, 3.8) is 0 Å². The second kappa shape index (κ2) is 6.02. The van der Waals surface area contributed by atoms with Crippen LogP contribution >= 0.6 is 0 Å². The Morgan fingerprint density at radius 1 is 1.26 bits per heavy atom. The highest BCUT2D eigenvalue weighted by Gasteiger charge is 2.49. The maximum absolute atomic E-state index is 12.7. The van der Waals surface area contributed by atoms with Gasteiger partial charge in [-0.15, -0.1) is 0 Å². The van der Waals surface area contributed by atoms with Crippen LogP contribution in [0.4, 0.5) is 4.79 Å². The molecule has 1 fully saturated rings. The van der Waals surface area contributed by atoms with Crippen molar-refractivity contribution in [1.29, 1.82) is 0 Å². The number of carbonyl (C=O) groups is 3. The number of imide groups is 1. The number of amides is 4. The number of nitrogens with one attached hydrogen (secondary N) is 2. The zero-order chi connectivity index (χ0) is 17.3. The monoisotopic (exact) mass is 317 g/mol. The Morgan fingerprint density at radius 3 is 2.43 bits per heavy atom. The van der Waals surface area contributed by atoms with Gasteiger partial charge in [0.25, 0.3) is 5.91 Å². The van der Waals surface area contributed by atoms with Crippen LogP contribution in [-0.2, 0) is 15.1 Å². The van der Waals surface area contributed by atoms with Gasteiger partial charge in [0.15, 0.2) is 0 Å².